The van der Waals surface area contributed by atoms with E-state index in [1.54, 1.807) is 41.1 Å². The number of carbonyl (C=O) groups is 1. The number of aromatic nitrogens is 6. The zero-order chi connectivity index (χ0) is 21.9. The molecule has 9 nitrogen and oxygen atoms in total. The van der Waals surface area contributed by atoms with E-state index in [1.165, 1.54) is 17.0 Å². The van der Waals surface area contributed by atoms with Gasteiger partial charge in [-0.05, 0) is 34.7 Å². The van der Waals surface area contributed by atoms with Crippen LogP contribution in [-0.2, 0) is 16.1 Å². The van der Waals surface area contributed by atoms with Crippen LogP contribution >= 0.6 is 11.6 Å². The van der Waals surface area contributed by atoms with Gasteiger partial charge in [0.2, 0.25) is 0 Å². The Kier molecular flexibility index (Phi) is 5.22. The predicted molar refractivity (Wildman–Crippen MR) is 116 cm³/mol. The minimum absolute atomic E-state index is 0.0452. The molecule has 10 heteroatoms. The quantitative estimate of drug-likeness (QED) is 0.287. The summed E-state index contributed by atoms with van der Waals surface area (Å²) in [5.41, 5.74) is 2.10. The van der Waals surface area contributed by atoms with Gasteiger partial charge in [-0.3, -0.25) is 0 Å². The van der Waals surface area contributed by atoms with Crippen LogP contribution in [0.25, 0.3) is 28.8 Å². The van der Waals surface area contributed by atoms with E-state index in [2.05, 4.69) is 20.5 Å². The minimum Gasteiger partial charge on any atom is -0.465 e. The molecule has 32 heavy (non-hydrogen) atoms. The van der Waals surface area contributed by atoms with Crippen molar-refractivity contribution in [1.82, 2.24) is 29.6 Å². The molecule has 0 saturated carbocycles. The van der Waals surface area contributed by atoms with Crippen LogP contribution < -0.4 is 0 Å². The lowest BCUT2D eigenvalue weighted by molar-refractivity contribution is -0.138. The normalized spacial score (nSPS) is 11.7. The summed E-state index contributed by atoms with van der Waals surface area (Å²) in [4.78, 5) is 17.5. The number of pyridine rings is 1. The molecule has 5 aromatic rings. The van der Waals surface area contributed by atoms with E-state index >= 15 is 0 Å². The van der Waals surface area contributed by atoms with Gasteiger partial charge in [-0.1, -0.05) is 41.9 Å². The number of halogens is 1. The van der Waals surface area contributed by atoms with E-state index in [4.69, 9.17) is 20.8 Å². The molecule has 0 aliphatic rings. The first-order valence-electron chi connectivity index (χ1n) is 9.57. The standard InChI is InChI=1S/C22H15ClN6O3/c23-16-8-9-20-24-17(13-28(20)12-16)14-32-22(30)19(11-18-7-4-10-31-18)29-21(25-26-27-29)15-5-2-1-3-6-15/h1-13H,14H2/b19-11+. The molecule has 0 N–H and O–H groups in total. The van der Waals surface area contributed by atoms with Crippen LogP contribution in [0.2, 0.25) is 5.02 Å². The second kappa shape index (κ2) is 8.48. The fraction of sp³-hybridized carbons (Fsp3) is 0.0455. The number of imidazole rings is 1. The summed E-state index contributed by atoms with van der Waals surface area (Å²) in [5, 5.41) is 12.4. The molecule has 0 atom stereocenters. The molecule has 0 spiro atoms. The lowest BCUT2D eigenvalue weighted by Gasteiger charge is -2.09. The van der Waals surface area contributed by atoms with Crippen molar-refractivity contribution in [1.29, 1.82) is 0 Å². The predicted octanol–water partition coefficient (Wildman–Crippen LogP) is 3.98. The van der Waals surface area contributed by atoms with E-state index in [0.717, 1.165) is 5.56 Å². The van der Waals surface area contributed by atoms with Crippen molar-refractivity contribution in [3.8, 4) is 11.4 Å². The summed E-state index contributed by atoms with van der Waals surface area (Å²) in [6, 6.07) is 16.2. The molecule has 0 amide bonds. The Morgan fingerprint density at radius 2 is 1.97 bits per heavy atom. The zero-order valence-electron chi connectivity index (χ0n) is 16.5. The highest BCUT2D eigenvalue weighted by Crippen LogP contribution is 2.22. The molecular formula is C22H15ClN6O3. The molecule has 5 rings (SSSR count). The van der Waals surface area contributed by atoms with Crippen molar-refractivity contribution in [3.05, 3.63) is 89.7 Å². The Balaban J connectivity index is 1.45. The van der Waals surface area contributed by atoms with Gasteiger partial charge in [-0.2, -0.15) is 4.68 Å². The first-order valence-corrected chi connectivity index (χ1v) is 9.95. The van der Waals surface area contributed by atoms with E-state index in [1.807, 2.05) is 30.3 Å². The monoisotopic (exact) mass is 446 g/mol. The Labute approximate surface area is 186 Å². The number of ether oxygens (including phenoxy) is 1. The SMILES string of the molecule is O=C(OCc1cn2cc(Cl)ccc2n1)/C(=C\c1ccco1)n1nnnc1-c1ccccc1. The Bertz CT molecular complexity index is 1410. The molecule has 158 valence electrons. The number of rotatable bonds is 6. The third-order valence-corrected chi connectivity index (χ3v) is 4.80. The van der Waals surface area contributed by atoms with Gasteiger partial charge in [-0.25, -0.2) is 9.78 Å². The Morgan fingerprint density at radius 1 is 1.09 bits per heavy atom. The smallest absolute Gasteiger partial charge is 0.357 e. The number of esters is 1. The fourth-order valence-corrected chi connectivity index (χ4v) is 3.30. The lowest BCUT2D eigenvalue weighted by atomic mass is 10.2. The van der Waals surface area contributed by atoms with Crippen molar-refractivity contribution < 1.29 is 13.9 Å². The topological polar surface area (TPSA) is 100 Å². The molecule has 1 aromatic carbocycles. The molecule has 0 saturated heterocycles. The van der Waals surface area contributed by atoms with Gasteiger partial charge < -0.3 is 13.6 Å². The molecule has 4 heterocycles. The highest BCUT2D eigenvalue weighted by molar-refractivity contribution is 6.30. The van der Waals surface area contributed by atoms with Gasteiger partial charge in [0.1, 0.15) is 18.0 Å². The van der Waals surface area contributed by atoms with Gasteiger partial charge in [0, 0.05) is 24.0 Å². The van der Waals surface area contributed by atoms with Crippen molar-refractivity contribution >= 4 is 35.0 Å². The van der Waals surface area contributed by atoms with Crippen molar-refractivity contribution in [2.75, 3.05) is 0 Å². The fourth-order valence-electron chi connectivity index (χ4n) is 3.13. The molecular weight excluding hydrogens is 432 g/mol. The Morgan fingerprint density at radius 3 is 2.78 bits per heavy atom. The number of tetrazole rings is 1. The number of hydrogen-bond acceptors (Lipinski definition) is 7. The van der Waals surface area contributed by atoms with Crippen LogP contribution in [0.4, 0.5) is 0 Å². The summed E-state index contributed by atoms with van der Waals surface area (Å²) < 4.78 is 14.0. The molecule has 0 aliphatic heterocycles. The molecule has 0 bridgehead atoms. The average Bonchev–Trinajstić information content (AvgIpc) is 3.56. The third-order valence-electron chi connectivity index (χ3n) is 4.58. The van der Waals surface area contributed by atoms with Crippen LogP contribution in [0, 0.1) is 0 Å². The van der Waals surface area contributed by atoms with Gasteiger partial charge in [-0.15, -0.1) is 5.10 Å². The van der Waals surface area contributed by atoms with Crippen LogP contribution in [0.1, 0.15) is 11.5 Å². The van der Waals surface area contributed by atoms with E-state index in [9.17, 15) is 4.79 Å². The first-order chi connectivity index (χ1) is 15.7. The second-order valence-electron chi connectivity index (χ2n) is 6.75. The van der Waals surface area contributed by atoms with Crippen molar-refractivity contribution in [2.45, 2.75) is 6.61 Å². The number of fused-ring (bicyclic) bond motifs is 1. The summed E-state index contributed by atoms with van der Waals surface area (Å²) in [7, 11) is 0. The highest BCUT2D eigenvalue weighted by atomic mass is 35.5. The van der Waals surface area contributed by atoms with E-state index in [-0.39, 0.29) is 12.3 Å². The van der Waals surface area contributed by atoms with Crippen LogP contribution in [0.15, 0.2) is 77.7 Å². The maximum atomic E-state index is 13.1. The summed E-state index contributed by atoms with van der Waals surface area (Å²) in [6.07, 6.45) is 6.50. The zero-order valence-corrected chi connectivity index (χ0v) is 17.3. The van der Waals surface area contributed by atoms with Crippen LogP contribution in [-0.4, -0.2) is 35.6 Å². The maximum absolute atomic E-state index is 13.1. The van der Waals surface area contributed by atoms with E-state index in [0.29, 0.717) is 27.9 Å². The van der Waals surface area contributed by atoms with Crippen LogP contribution in [0.3, 0.4) is 0 Å². The minimum atomic E-state index is -0.638. The van der Waals surface area contributed by atoms with Crippen molar-refractivity contribution in [2.24, 2.45) is 0 Å². The molecule has 4 aromatic heterocycles. The second-order valence-corrected chi connectivity index (χ2v) is 7.18. The number of nitrogens with zero attached hydrogens (tertiary/aromatic N) is 6. The lowest BCUT2D eigenvalue weighted by Crippen LogP contribution is -2.15. The summed E-state index contributed by atoms with van der Waals surface area (Å²) in [5.74, 6) is 0.206. The van der Waals surface area contributed by atoms with Crippen LogP contribution in [0.5, 0.6) is 0 Å². The van der Waals surface area contributed by atoms with Crippen molar-refractivity contribution in [3.63, 3.8) is 0 Å². The molecule has 0 radical (unpaired) electrons. The maximum Gasteiger partial charge on any atom is 0.357 e. The Hall–Kier alpha value is -4.24. The number of hydrogen-bond donors (Lipinski definition) is 0. The van der Waals surface area contributed by atoms with Gasteiger partial charge in [0.05, 0.1) is 17.0 Å². The number of benzene rings is 1. The molecule has 0 fully saturated rings. The first kappa shape index (κ1) is 19.7. The average molecular weight is 447 g/mol. The number of carbonyl (C=O) groups excluding carboxylic acids is 1. The van der Waals surface area contributed by atoms with Gasteiger partial charge in [0.15, 0.2) is 11.5 Å². The molecule has 0 unspecified atom stereocenters. The number of furan rings is 1. The van der Waals surface area contributed by atoms with E-state index < -0.39 is 5.97 Å². The third kappa shape index (κ3) is 4.01. The van der Waals surface area contributed by atoms with Gasteiger partial charge >= 0.3 is 5.97 Å². The summed E-state index contributed by atoms with van der Waals surface area (Å²) in [6.45, 7) is -0.0452. The molecule has 0 aliphatic carbocycles. The summed E-state index contributed by atoms with van der Waals surface area (Å²) >= 11 is 6.02. The highest BCUT2D eigenvalue weighted by Gasteiger charge is 2.21. The van der Waals surface area contributed by atoms with Gasteiger partial charge in [0.25, 0.3) is 0 Å². The largest absolute Gasteiger partial charge is 0.465 e.